The van der Waals surface area contributed by atoms with Crippen LogP contribution in [0.1, 0.15) is 80.7 Å². The van der Waals surface area contributed by atoms with E-state index in [4.69, 9.17) is 0 Å². The molecule has 1 N–H and O–H groups in total. The molecule has 0 aliphatic heterocycles. The zero-order valence-electron chi connectivity index (χ0n) is 24.0. The first kappa shape index (κ1) is 28.2. The van der Waals surface area contributed by atoms with E-state index in [1.165, 1.54) is 22.3 Å². The fraction of sp³-hybridized carbons (Fsp3) is 0.306. The number of anilines is 1. The molecule has 0 saturated carbocycles. The minimum absolute atomic E-state index is 0.0768. The summed E-state index contributed by atoms with van der Waals surface area (Å²) in [6, 6.07) is 38.0. The molecule has 0 unspecified atom stereocenters. The standard InChI is InChI=1S/C36H42N2O/c1-27(2)29-18-22-33(23-19-29)37-35(39)38(26-28-16-20-32(21-17-28)36(3,4)5)25-24-34(30-12-8-6-9-13-30)31-14-10-7-11-15-31/h6-23,27,34H,24-26H2,1-5H3,(H,37,39). The predicted molar refractivity (Wildman–Crippen MR) is 164 cm³/mol. The van der Waals surface area contributed by atoms with Gasteiger partial charge in [-0.3, -0.25) is 0 Å². The van der Waals surface area contributed by atoms with Crippen molar-refractivity contribution in [3.63, 3.8) is 0 Å². The van der Waals surface area contributed by atoms with Crippen molar-refractivity contribution in [3.05, 3.63) is 137 Å². The third-order valence-corrected chi connectivity index (χ3v) is 7.40. The van der Waals surface area contributed by atoms with Crippen LogP contribution < -0.4 is 5.32 Å². The molecule has 0 heterocycles. The summed E-state index contributed by atoms with van der Waals surface area (Å²) in [7, 11) is 0. The van der Waals surface area contributed by atoms with E-state index >= 15 is 0 Å². The van der Waals surface area contributed by atoms with Crippen LogP contribution >= 0.6 is 0 Å². The Morgan fingerprint density at radius 3 is 1.74 bits per heavy atom. The average Bonchev–Trinajstić information content (AvgIpc) is 2.94. The molecule has 0 fully saturated rings. The van der Waals surface area contributed by atoms with Crippen molar-refractivity contribution in [1.29, 1.82) is 0 Å². The minimum Gasteiger partial charge on any atom is -0.320 e. The molecular weight excluding hydrogens is 476 g/mol. The summed E-state index contributed by atoms with van der Waals surface area (Å²) < 4.78 is 0. The highest BCUT2D eigenvalue weighted by atomic mass is 16.2. The lowest BCUT2D eigenvalue weighted by atomic mass is 9.86. The third-order valence-electron chi connectivity index (χ3n) is 7.40. The highest BCUT2D eigenvalue weighted by Crippen LogP contribution is 2.29. The highest BCUT2D eigenvalue weighted by molar-refractivity contribution is 5.89. The van der Waals surface area contributed by atoms with E-state index in [1.807, 2.05) is 17.0 Å². The second-order valence-electron chi connectivity index (χ2n) is 11.7. The number of benzene rings is 4. The molecule has 4 rings (SSSR count). The predicted octanol–water partition coefficient (Wildman–Crippen LogP) is 9.36. The molecular formula is C36H42N2O. The zero-order valence-corrected chi connectivity index (χ0v) is 24.0. The molecule has 0 aliphatic rings. The van der Waals surface area contributed by atoms with Crippen LogP contribution in [0.3, 0.4) is 0 Å². The number of carbonyl (C=O) groups excluding carboxylic acids is 1. The summed E-state index contributed by atoms with van der Waals surface area (Å²) >= 11 is 0. The van der Waals surface area contributed by atoms with Crippen LogP contribution in [0.5, 0.6) is 0 Å². The average molecular weight is 519 g/mol. The molecule has 39 heavy (non-hydrogen) atoms. The molecule has 3 heteroatoms. The van der Waals surface area contributed by atoms with E-state index in [0.717, 1.165) is 17.7 Å². The summed E-state index contributed by atoms with van der Waals surface area (Å²) in [5.74, 6) is 0.659. The number of hydrogen-bond acceptors (Lipinski definition) is 1. The van der Waals surface area contributed by atoms with Gasteiger partial charge in [-0.15, -0.1) is 0 Å². The molecule has 0 bridgehead atoms. The van der Waals surface area contributed by atoms with Crippen molar-refractivity contribution < 1.29 is 4.79 Å². The summed E-state index contributed by atoms with van der Waals surface area (Å²) in [5, 5.41) is 3.15. The lowest BCUT2D eigenvalue weighted by molar-refractivity contribution is 0.207. The van der Waals surface area contributed by atoms with Gasteiger partial charge in [-0.05, 0) is 57.7 Å². The SMILES string of the molecule is CC(C)c1ccc(NC(=O)N(CCC(c2ccccc2)c2ccccc2)Cc2ccc(C(C)(C)C)cc2)cc1. The van der Waals surface area contributed by atoms with Gasteiger partial charge in [0.25, 0.3) is 0 Å². The second kappa shape index (κ2) is 12.8. The van der Waals surface area contributed by atoms with E-state index in [-0.39, 0.29) is 17.4 Å². The molecule has 3 nitrogen and oxygen atoms in total. The number of amides is 2. The Morgan fingerprint density at radius 1 is 0.718 bits per heavy atom. The fourth-order valence-corrected chi connectivity index (χ4v) is 4.92. The van der Waals surface area contributed by atoms with Gasteiger partial charge in [0, 0.05) is 24.7 Å². The topological polar surface area (TPSA) is 32.3 Å². The van der Waals surface area contributed by atoms with E-state index in [0.29, 0.717) is 19.0 Å². The van der Waals surface area contributed by atoms with Gasteiger partial charge in [0.2, 0.25) is 0 Å². The number of nitrogens with one attached hydrogen (secondary N) is 1. The quantitative estimate of drug-likeness (QED) is 0.235. The maximum absolute atomic E-state index is 13.7. The molecule has 4 aromatic rings. The molecule has 0 aliphatic carbocycles. The molecule has 2 amide bonds. The molecule has 0 atom stereocenters. The van der Waals surface area contributed by atoms with Gasteiger partial charge in [-0.2, -0.15) is 0 Å². The van der Waals surface area contributed by atoms with Crippen LogP contribution in [0, 0.1) is 0 Å². The fourth-order valence-electron chi connectivity index (χ4n) is 4.92. The van der Waals surface area contributed by atoms with Gasteiger partial charge >= 0.3 is 6.03 Å². The molecule has 0 saturated heterocycles. The van der Waals surface area contributed by atoms with Crippen LogP contribution in [-0.2, 0) is 12.0 Å². The Bertz CT molecular complexity index is 1270. The van der Waals surface area contributed by atoms with Gasteiger partial charge in [0.1, 0.15) is 0 Å². The lowest BCUT2D eigenvalue weighted by Crippen LogP contribution is -2.36. The van der Waals surface area contributed by atoms with Gasteiger partial charge < -0.3 is 10.2 Å². The Labute approximate surface area is 234 Å². The molecule has 4 aromatic carbocycles. The summed E-state index contributed by atoms with van der Waals surface area (Å²) in [6.07, 6.45) is 0.827. The summed E-state index contributed by atoms with van der Waals surface area (Å²) in [6.45, 7) is 12.2. The normalized spacial score (nSPS) is 11.6. The molecule has 202 valence electrons. The van der Waals surface area contributed by atoms with Gasteiger partial charge in [0.15, 0.2) is 0 Å². The van der Waals surface area contributed by atoms with Crippen molar-refractivity contribution in [2.24, 2.45) is 0 Å². The van der Waals surface area contributed by atoms with E-state index in [1.54, 1.807) is 0 Å². The van der Waals surface area contributed by atoms with E-state index in [2.05, 4.69) is 137 Å². The molecule has 0 spiro atoms. The maximum Gasteiger partial charge on any atom is 0.322 e. The van der Waals surface area contributed by atoms with Gasteiger partial charge in [0.05, 0.1) is 0 Å². The number of hydrogen-bond donors (Lipinski definition) is 1. The van der Waals surface area contributed by atoms with Crippen LogP contribution in [0.2, 0.25) is 0 Å². The van der Waals surface area contributed by atoms with E-state index < -0.39 is 0 Å². The number of carbonyl (C=O) groups is 1. The van der Waals surface area contributed by atoms with Gasteiger partial charge in [-0.1, -0.05) is 132 Å². The summed E-state index contributed by atoms with van der Waals surface area (Å²) in [4.78, 5) is 15.6. The van der Waals surface area contributed by atoms with Crippen molar-refractivity contribution in [3.8, 4) is 0 Å². The Morgan fingerprint density at radius 2 is 1.26 bits per heavy atom. The number of rotatable bonds is 9. The zero-order chi connectivity index (χ0) is 27.8. The number of urea groups is 1. The van der Waals surface area contributed by atoms with Crippen molar-refractivity contribution in [1.82, 2.24) is 4.90 Å². The first-order valence-electron chi connectivity index (χ1n) is 14.1. The Balaban J connectivity index is 1.57. The van der Waals surface area contributed by atoms with E-state index in [9.17, 15) is 4.79 Å². The van der Waals surface area contributed by atoms with Crippen LogP contribution in [-0.4, -0.2) is 17.5 Å². The van der Waals surface area contributed by atoms with Crippen LogP contribution in [0.4, 0.5) is 10.5 Å². The minimum atomic E-state index is -0.0768. The monoisotopic (exact) mass is 518 g/mol. The van der Waals surface area contributed by atoms with Crippen LogP contribution in [0.25, 0.3) is 0 Å². The second-order valence-corrected chi connectivity index (χ2v) is 11.7. The third kappa shape index (κ3) is 7.83. The highest BCUT2D eigenvalue weighted by Gasteiger charge is 2.20. The maximum atomic E-state index is 13.7. The van der Waals surface area contributed by atoms with Crippen molar-refractivity contribution >= 4 is 11.7 Å². The number of nitrogens with zero attached hydrogens (tertiary/aromatic N) is 1. The summed E-state index contributed by atoms with van der Waals surface area (Å²) in [5.41, 5.74) is 7.13. The lowest BCUT2D eigenvalue weighted by Gasteiger charge is -2.27. The first-order valence-corrected chi connectivity index (χ1v) is 14.1. The van der Waals surface area contributed by atoms with Gasteiger partial charge in [-0.25, -0.2) is 4.79 Å². The van der Waals surface area contributed by atoms with Crippen LogP contribution in [0.15, 0.2) is 109 Å². The first-order chi connectivity index (χ1) is 18.7. The smallest absolute Gasteiger partial charge is 0.320 e. The molecule has 0 radical (unpaired) electrons. The Hall–Kier alpha value is -3.85. The van der Waals surface area contributed by atoms with Crippen molar-refractivity contribution in [2.75, 3.05) is 11.9 Å². The largest absolute Gasteiger partial charge is 0.322 e. The molecule has 0 aromatic heterocycles. The Kier molecular flexibility index (Phi) is 9.24. The van der Waals surface area contributed by atoms with Crippen molar-refractivity contribution in [2.45, 2.75) is 64.8 Å².